The summed E-state index contributed by atoms with van der Waals surface area (Å²) in [6, 6.07) is 9.44. The van der Waals surface area contributed by atoms with E-state index in [0.717, 1.165) is 22.6 Å². The number of fused-ring (bicyclic) bond motifs is 1. The van der Waals surface area contributed by atoms with Crippen LogP contribution >= 0.6 is 11.8 Å². The summed E-state index contributed by atoms with van der Waals surface area (Å²) in [4.78, 5) is 31.1. The quantitative estimate of drug-likeness (QED) is 0.908. The number of carbonyl (C=O) groups is 2. The molecule has 0 fully saturated rings. The van der Waals surface area contributed by atoms with Crippen molar-refractivity contribution in [3.05, 3.63) is 53.9 Å². The molecule has 1 aromatic carbocycles. The molecule has 0 atom stereocenters. The average molecular weight is 341 g/mol. The highest BCUT2D eigenvalue weighted by atomic mass is 32.2. The van der Waals surface area contributed by atoms with Gasteiger partial charge in [-0.25, -0.2) is 0 Å². The largest absolute Gasteiger partial charge is 0.339 e. The molecule has 0 bridgehead atoms. The molecule has 1 N–H and O–H groups in total. The maximum atomic E-state index is 12.8. The highest BCUT2D eigenvalue weighted by Crippen LogP contribution is 2.32. The number of nitrogens with zero attached hydrogens (tertiary/aromatic N) is 2. The van der Waals surface area contributed by atoms with Crippen LogP contribution in [0.2, 0.25) is 0 Å². The van der Waals surface area contributed by atoms with Crippen molar-refractivity contribution in [2.24, 2.45) is 0 Å². The number of likely N-dealkylation sites (N-methyl/N-ethyl adjacent to an activating group) is 1. The average Bonchev–Trinajstić information content (AvgIpc) is 2.62. The number of aromatic nitrogens is 1. The van der Waals surface area contributed by atoms with Crippen molar-refractivity contribution < 1.29 is 9.59 Å². The van der Waals surface area contributed by atoms with Gasteiger partial charge in [0.05, 0.1) is 11.4 Å². The number of hydrogen-bond donors (Lipinski definition) is 1. The van der Waals surface area contributed by atoms with Crippen molar-refractivity contribution in [2.75, 3.05) is 24.2 Å². The SMILES string of the molecule is CCN(CCc1ccncc1)C(=O)c1ccc2c(c1)NC(=O)CS2. The number of pyridine rings is 1. The molecule has 1 aliphatic heterocycles. The zero-order chi connectivity index (χ0) is 16.9. The van der Waals surface area contributed by atoms with Crippen molar-refractivity contribution >= 4 is 29.3 Å². The summed E-state index contributed by atoms with van der Waals surface area (Å²) in [7, 11) is 0. The molecule has 0 aliphatic carbocycles. The fourth-order valence-electron chi connectivity index (χ4n) is 2.62. The third-order valence-electron chi connectivity index (χ3n) is 3.95. The normalized spacial score (nSPS) is 13.1. The summed E-state index contributed by atoms with van der Waals surface area (Å²) < 4.78 is 0. The van der Waals surface area contributed by atoms with Crippen LogP contribution < -0.4 is 5.32 Å². The smallest absolute Gasteiger partial charge is 0.253 e. The molecular formula is C18H19N3O2S. The third-order valence-corrected chi connectivity index (χ3v) is 5.02. The number of anilines is 1. The predicted molar refractivity (Wildman–Crippen MR) is 95.3 cm³/mol. The molecule has 1 aliphatic rings. The molecule has 2 amide bonds. The molecule has 0 radical (unpaired) electrons. The predicted octanol–water partition coefficient (Wildman–Crippen LogP) is 2.83. The number of carbonyl (C=O) groups excluding carboxylic acids is 2. The van der Waals surface area contributed by atoms with Gasteiger partial charge in [0, 0.05) is 35.9 Å². The van der Waals surface area contributed by atoms with Crippen LogP contribution in [-0.4, -0.2) is 40.5 Å². The highest BCUT2D eigenvalue weighted by Gasteiger charge is 2.19. The summed E-state index contributed by atoms with van der Waals surface area (Å²) >= 11 is 1.50. The van der Waals surface area contributed by atoms with Crippen LogP contribution in [0.1, 0.15) is 22.8 Å². The summed E-state index contributed by atoms with van der Waals surface area (Å²) in [5.41, 5.74) is 2.49. The van der Waals surface area contributed by atoms with Gasteiger partial charge in [0.1, 0.15) is 0 Å². The fraction of sp³-hybridized carbons (Fsp3) is 0.278. The Kier molecular flexibility index (Phi) is 5.15. The van der Waals surface area contributed by atoms with Gasteiger partial charge in [-0.05, 0) is 49.2 Å². The Balaban J connectivity index is 1.71. The van der Waals surface area contributed by atoms with E-state index in [-0.39, 0.29) is 11.8 Å². The maximum absolute atomic E-state index is 12.8. The molecule has 5 nitrogen and oxygen atoms in total. The second-order valence-electron chi connectivity index (χ2n) is 5.54. The van der Waals surface area contributed by atoms with Crippen LogP contribution in [0.3, 0.4) is 0 Å². The Morgan fingerprint density at radius 3 is 2.83 bits per heavy atom. The van der Waals surface area contributed by atoms with E-state index in [1.54, 1.807) is 18.5 Å². The summed E-state index contributed by atoms with van der Waals surface area (Å²) in [6.45, 7) is 3.26. The minimum Gasteiger partial charge on any atom is -0.339 e. The van der Waals surface area contributed by atoms with Gasteiger partial charge < -0.3 is 10.2 Å². The molecule has 6 heteroatoms. The van der Waals surface area contributed by atoms with E-state index in [2.05, 4.69) is 10.3 Å². The van der Waals surface area contributed by atoms with Gasteiger partial charge in [0.15, 0.2) is 0 Å². The van der Waals surface area contributed by atoms with Crippen molar-refractivity contribution in [2.45, 2.75) is 18.2 Å². The first-order chi connectivity index (χ1) is 11.7. The highest BCUT2D eigenvalue weighted by molar-refractivity contribution is 8.00. The molecule has 0 saturated heterocycles. The lowest BCUT2D eigenvalue weighted by atomic mass is 10.1. The van der Waals surface area contributed by atoms with Gasteiger partial charge >= 0.3 is 0 Å². The number of hydrogen-bond acceptors (Lipinski definition) is 4. The molecule has 1 aromatic heterocycles. The minimum absolute atomic E-state index is 0.0146. The van der Waals surface area contributed by atoms with Crippen molar-refractivity contribution in [1.82, 2.24) is 9.88 Å². The zero-order valence-corrected chi connectivity index (χ0v) is 14.3. The van der Waals surface area contributed by atoms with Crippen LogP contribution in [0.5, 0.6) is 0 Å². The number of amides is 2. The molecule has 2 heterocycles. The Labute approximate surface area is 145 Å². The van der Waals surface area contributed by atoms with Gasteiger partial charge in [-0.3, -0.25) is 14.6 Å². The summed E-state index contributed by atoms with van der Waals surface area (Å²) in [5.74, 6) is 0.383. The Morgan fingerprint density at radius 2 is 2.08 bits per heavy atom. The van der Waals surface area contributed by atoms with Crippen LogP contribution in [0.25, 0.3) is 0 Å². The second kappa shape index (κ2) is 7.49. The fourth-order valence-corrected chi connectivity index (χ4v) is 3.40. The van der Waals surface area contributed by atoms with Crippen molar-refractivity contribution in [3.8, 4) is 0 Å². The number of benzene rings is 1. The van der Waals surface area contributed by atoms with E-state index in [4.69, 9.17) is 0 Å². The molecule has 3 rings (SSSR count). The molecule has 0 saturated carbocycles. The molecule has 2 aromatic rings. The first kappa shape index (κ1) is 16.5. The van der Waals surface area contributed by atoms with Crippen LogP contribution in [0, 0.1) is 0 Å². The number of rotatable bonds is 5. The molecular weight excluding hydrogens is 322 g/mol. The van der Waals surface area contributed by atoms with Gasteiger partial charge in [0.2, 0.25) is 5.91 Å². The molecule has 0 spiro atoms. The van der Waals surface area contributed by atoms with Gasteiger partial charge in [-0.15, -0.1) is 11.8 Å². The summed E-state index contributed by atoms with van der Waals surface area (Å²) in [5, 5.41) is 2.83. The third kappa shape index (κ3) is 3.76. The Bertz CT molecular complexity index is 749. The van der Waals surface area contributed by atoms with Crippen LogP contribution in [0.4, 0.5) is 5.69 Å². The Hall–Kier alpha value is -2.34. The first-order valence-corrected chi connectivity index (χ1v) is 8.91. The topological polar surface area (TPSA) is 62.3 Å². The standard InChI is InChI=1S/C18H19N3O2S/c1-2-21(10-7-13-5-8-19-9-6-13)18(23)14-3-4-16-15(11-14)20-17(22)12-24-16/h3-6,8-9,11H,2,7,10,12H2,1H3,(H,20,22). The number of thioether (sulfide) groups is 1. The minimum atomic E-state index is -0.0258. The van der Waals surface area contributed by atoms with E-state index in [1.165, 1.54) is 11.8 Å². The zero-order valence-electron chi connectivity index (χ0n) is 13.5. The molecule has 0 unspecified atom stereocenters. The van der Waals surface area contributed by atoms with Crippen molar-refractivity contribution in [3.63, 3.8) is 0 Å². The lowest BCUT2D eigenvalue weighted by Gasteiger charge is -2.22. The lowest BCUT2D eigenvalue weighted by Crippen LogP contribution is -2.33. The molecule has 124 valence electrons. The summed E-state index contributed by atoms with van der Waals surface area (Å²) in [6.07, 6.45) is 4.31. The van der Waals surface area contributed by atoms with E-state index in [1.807, 2.05) is 36.1 Å². The van der Waals surface area contributed by atoms with Gasteiger partial charge in [-0.2, -0.15) is 0 Å². The van der Waals surface area contributed by atoms with Crippen LogP contribution in [0.15, 0.2) is 47.6 Å². The maximum Gasteiger partial charge on any atom is 0.253 e. The number of nitrogens with one attached hydrogen (secondary N) is 1. The lowest BCUT2D eigenvalue weighted by molar-refractivity contribution is -0.113. The molecule has 24 heavy (non-hydrogen) atoms. The van der Waals surface area contributed by atoms with E-state index in [0.29, 0.717) is 24.4 Å². The second-order valence-corrected chi connectivity index (χ2v) is 6.56. The Morgan fingerprint density at radius 1 is 1.29 bits per heavy atom. The van der Waals surface area contributed by atoms with Gasteiger partial charge in [-0.1, -0.05) is 0 Å². The first-order valence-electron chi connectivity index (χ1n) is 7.92. The van der Waals surface area contributed by atoms with E-state index >= 15 is 0 Å². The van der Waals surface area contributed by atoms with Crippen molar-refractivity contribution in [1.29, 1.82) is 0 Å². The van der Waals surface area contributed by atoms with E-state index < -0.39 is 0 Å². The van der Waals surface area contributed by atoms with Gasteiger partial charge in [0.25, 0.3) is 5.91 Å². The van der Waals surface area contributed by atoms with Crippen LogP contribution in [-0.2, 0) is 11.2 Å². The monoisotopic (exact) mass is 341 g/mol. The van der Waals surface area contributed by atoms with E-state index in [9.17, 15) is 9.59 Å².